The third kappa shape index (κ3) is 1.37. The van der Waals surface area contributed by atoms with Crippen LogP contribution in [0, 0.1) is 5.92 Å². The van der Waals surface area contributed by atoms with Gasteiger partial charge in [0.15, 0.2) is 5.82 Å². The highest BCUT2D eigenvalue weighted by molar-refractivity contribution is 6.31. The molecule has 0 saturated heterocycles. The maximum Gasteiger partial charge on any atom is 0.250 e. The number of amides is 1. The molecule has 5 heteroatoms. The van der Waals surface area contributed by atoms with Gasteiger partial charge in [-0.1, -0.05) is 11.6 Å². The number of anilines is 2. The average molecular weight is 238 g/mol. The predicted octanol–water partition coefficient (Wildman–Crippen LogP) is 2.27. The Morgan fingerprint density at radius 1 is 1.56 bits per heavy atom. The first-order valence-corrected chi connectivity index (χ1v) is 5.72. The number of halogens is 1. The molecule has 1 amide bonds. The number of carbonyl (C=O) groups excluding carboxylic acids is 1. The van der Waals surface area contributed by atoms with Crippen LogP contribution in [0.25, 0.3) is 0 Å². The number of nitrogens with zero attached hydrogens (tertiary/aromatic N) is 1. The lowest BCUT2D eigenvalue weighted by molar-refractivity contribution is -0.120. The number of hydrogen-bond acceptors (Lipinski definition) is 3. The van der Waals surface area contributed by atoms with Crippen molar-refractivity contribution in [1.82, 2.24) is 4.98 Å². The number of rotatable bonds is 1. The highest BCUT2D eigenvalue weighted by atomic mass is 35.5. The summed E-state index contributed by atoms with van der Waals surface area (Å²) in [5.74, 6) is 1.13. The van der Waals surface area contributed by atoms with Gasteiger partial charge in [0, 0.05) is 6.20 Å². The Morgan fingerprint density at radius 2 is 2.31 bits per heavy atom. The van der Waals surface area contributed by atoms with Crippen LogP contribution < -0.4 is 10.6 Å². The van der Waals surface area contributed by atoms with Crippen LogP contribution in [0.5, 0.6) is 0 Å². The van der Waals surface area contributed by atoms with Crippen LogP contribution >= 0.6 is 11.6 Å². The van der Waals surface area contributed by atoms with E-state index in [9.17, 15) is 4.79 Å². The SMILES string of the molecule is CC1(C2CC2)Nc2ncc(Cl)cc2NC1=O. The van der Waals surface area contributed by atoms with E-state index in [0.29, 0.717) is 22.4 Å². The van der Waals surface area contributed by atoms with Crippen LogP contribution in [0.2, 0.25) is 5.02 Å². The molecule has 2 N–H and O–H groups in total. The first-order valence-electron chi connectivity index (χ1n) is 5.35. The van der Waals surface area contributed by atoms with Gasteiger partial charge in [0.2, 0.25) is 5.91 Å². The Kier molecular flexibility index (Phi) is 1.92. The molecule has 4 nitrogen and oxygen atoms in total. The average Bonchev–Trinajstić information content (AvgIpc) is 3.04. The molecule has 16 heavy (non-hydrogen) atoms. The quantitative estimate of drug-likeness (QED) is 0.788. The molecule has 0 radical (unpaired) electrons. The topological polar surface area (TPSA) is 54.0 Å². The summed E-state index contributed by atoms with van der Waals surface area (Å²) in [7, 11) is 0. The lowest BCUT2D eigenvalue weighted by atomic mass is 9.92. The minimum absolute atomic E-state index is 0.00608. The maximum atomic E-state index is 12.0. The van der Waals surface area contributed by atoms with E-state index in [2.05, 4.69) is 15.6 Å². The van der Waals surface area contributed by atoms with Crippen molar-refractivity contribution in [2.45, 2.75) is 25.3 Å². The van der Waals surface area contributed by atoms with E-state index in [1.54, 1.807) is 12.3 Å². The van der Waals surface area contributed by atoms with E-state index in [1.165, 1.54) is 0 Å². The van der Waals surface area contributed by atoms with Crippen LogP contribution in [0.4, 0.5) is 11.5 Å². The molecule has 1 fully saturated rings. The van der Waals surface area contributed by atoms with Gasteiger partial charge in [0.1, 0.15) is 5.54 Å². The molecule has 1 aromatic rings. The molecule has 84 valence electrons. The zero-order chi connectivity index (χ0) is 11.3. The lowest BCUT2D eigenvalue weighted by Crippen LogP contribution is -2.52. The van der Waals surface area contributed by atoms with Gasteiger partial charge in [0.05, 0.1) is 10.7 Å². The van der Waals surface area contributed by atoms with Crippen molar-refractivity contribution in [3.63, 3.8) is 0 Å². The molecule has 2 heterocycles. The summed E-state index contributed by atoms with van der Waals surface area (Å²) in [6.07, 6.45) is 3.78. The van der Waals surface area contributed by atoms with Crippen LogP contribution in [0.3, 0.4) is 0 Å². The largest absolute Gasteiger partial charge is 0.354 e. The first-order chi connectivity index (χ1) is 7.59. The second-order valence-corrected chi connectivity index (χ2v) is 5.04. The van der Waals surface area contributed by atoms with Gasteiger partial charge in [-0.25, -0.2) is 4.98 Å². The Morgan fingerprint density at radius 3 is 3.00 bits per heavy atom. The van der Waals surface area contributed by atoms with Crippen molar-refractivity contribution >= 4 is 29.0 Å². The van der Waals surface area contributed by atoms with Gasteiger partial charge in [-0.15, -0.1) is 0 Å². The molecule has 0 spiro atoms. The van der Waals surface area contributed by atoms with Crippen molar-refractivity contribution < 1.29 is 4.79 Å². The molecule has 0 aromatic carbocycles. The molecule has 3 rings (SSSR count). The normalized spacial score (nSPS) is 28.0. The summed E-state index contributed by atoms with van der Waals surface area (Å²) >= 11 is 5.83. The van der Waals surface area contributed by atoms with Crippen LogP contribution in [-0.2, 0) is 4.79 Å². The van der Waals surface area contributed by atoms with E-state index in [-0.39, 0.29) is 5.91 Å². The second kappa shape index (κ2) is 3.10. The molecule has 1 atom stereocenters. The minimum Gasteiger partial charge on any atom is -0.354 e. The standard InChI is InChI=1S/C11H12ClN3O/c1-11(6-2-3-6)10(16)14-8-4-7(12)5-13-9(8)15-11/h4-6H,2-3H2,1H3,(H,13,15)(H,14,16). The van der Waals surface area contributed by atoms with Crippen molar-refractivity contribution in [3.8, 4) is 0 Å². The monoisotopic (exact) mass is 237 g/mol. The van der Waals surface area contributed by atoms with Crippen LogP contribution in [-0.4, -0.2) is 16.4 Å². The summed E-state index contributed by atoms with van der Waals surface area (Å²) < 4.78 is 0. The Hall–Kier alpha value is -1.29. The van der Waals surface area contributed by atoms with Crippen molar-refractivity contribution in [2.75, 3.05) is 10.6 Å². The molecule has 1 aromatic heterocycles. The molecule has 1 aliphatic heterocycles. The lowest BCUT2D eigenvalue weighted by Gasteiger charge is -2.35. The molecule has 1 unspecified atom stereocenters. The fourth-order valence-electron chi connectivity index (χ4n) is 2.14. The highest BCUT2D eigenvalue weighted by Gasteiger charge is 2.49. The van der Waals surface area contributed by atoms with Crippen molar-refractivity contribution in [3.05, 3.63) is 17.3 Å². The summed E-state index contributed by atoms with van der Waals surface area (Å²) in [5.41, 5.74) is 0.143. The zero-order valence-corrected chi connectivity index (χ0v) is 9.64. The van der Waals surface area contributed by atoms with Gasteiger partial charge in [-0.3, -0.25) is 4.79 Å². The maximum absolute atomic E-state index is 12.0. The Labute approximate surface area is 98.4 Å². The van der Waals surface area contributed by atoms with E-state index >= 15 is 0 Å². The van der Waals surface area contributed by atoms with E-state index in [1.807, 2.05) is 6.92 Å². The number of aromatic nitrogens is 1. The number of pyridine rings is 1. The summed E-state index contributed by atoms with van der Waals surface area (Å²) in [6, 6.07) is 1.71. The predicted molar refractivity (Wildman–Crippen MR) is 62.6 cm³/mol. The van der Waals surface area contributed by atoms with E-state index in [0.717, 1.165) is 12.8 Å². The third-order valence-corrected chi connectivity index (χ3v) is 3.55. The highest BCUT2D eigenvalue weighted by Crippen LogP contribution is 2.44. The minimum atomic E-state index is -0.520. The zero-order valence-electron chi connectivity index (χ0n) is 8.88. The number of hydrogen-bond donors (Lipinski definition) is 2. The van der Waals surface area contributed by atoms with Crippen LogP contribution in [0.15, 0.2) is 12.3 Å². The Balaban J connectivity index is 2.01. The number of fused-ring (bicyclic) bond motifs is 1. The summed E-state index contributed by atoms with van der Waals surface area (Å²) in [4.78, 5) is 16.2. The van der Waals surface area contributed by atoms with Gasteiger partial charge in [-0.05, 0) is 31.7 Å². The third-order valence-electron chi connectivity index (χ3n) is 3.35. The van der Waals surface area contributed by atoms with E-state index < -0.39 is 5.54 Å². The summed E-state index contributed by atoms with van der Waals surface area (Å²) in [5, 5.41) is 6.62. The molecule has 0 bridgehead atoms. The molecule has 1 saturated carbocycles. The summed E-state index contributed by atoms with van der Waals surface area (Å²) in [6.45, 7) is 1.93. The molecular weight excluding hydrogens is 226 g/mol. The van der Waals surface area contributed by atoms with Gasteiger partial charge in [-0.2, -0.15) is 0 Å². The smallest absolute Gasteiger partial charge is 0.250 e. The first kappa shape index (κ1) is 9.90. The number of carbonyl (C=O) groups is 1. The molecule has 2 aliphatic rings. The Bertz CT molecular complexity index is 472. The fourth-order valence-corrected chi connectivity index (χ4v) is 2.30. The second-order valence-electron chi connectivity index (χ2n) is 4.61. The molecular formula is C11H12ClN3O. The molecule has 1 aliphatic carbocycles. The van der Waals surface area contributed by atoms with Crippen molar-refractivity contribution in [2.24, 2.45) is 5.92 Å². The van der Waals surface area contributed by atoms with E-state index in [4.69, 9.17) is 11.6 Å². The van der Waals surface area contributed by atoms with Crippen molar-refractivity contribution in [1.29, 1.82) is 0 Å². The fraction of sp³-hybridized carbons (Fsp3) is 0.455. The van der Waals surface area contributed by atoms with Gasteiger partial charge < -0.3 is 10.6 Å². The van der Waals surface area contributed by atoms with Gasteiger partial charge in [0.25, 0.3) is 0 Å². The van der Waals surface area contributed by atoms with Crippen LogP contribution in [0.1, 0.15) is 19.8 Å². The van der Waals surface area contributed by atoms with Gasteiger partial charge >= 0.3 is 0 Å². The number of nitrogens with one attached hydrogen (secondary N) is 2.